The number of piperidine rings is 1. The van der Waals surface area contributed by atoms with Crippen molar-refractivity contribution >= 4 is 29.9 Å². The molecule has 2 heterocycles. The lowest BCUT2D eigenvalue weighted by Gasteiger charge is -2.33. The Morgan fingerprint density at radius 2 is 2.13 bits per heavy atom. The number of halogens is 1. The number of carbonyl (C=O) groups excluding carboxylic acids is 2. The van der Waals surface area contributed by atoms with Crippen molar-refractivity contribution in [2.45, 2.75) is 25.3 Å². The predicted octanol–water partition coefficient (Wildman–Crippen LogP) is 1.17. The molecule has 0 bridgehead atoms. The minimum absolute atomic E-state index is 0. The van der Waals surface area contributed by atoms with E-state index < -0.39 is 0 Å². The van der Waals surface area contributed by atoms with Gasteiger partial charge in [0.05, 0.1) is 5.69 Å². The molecule has 0 saturated carbocycles. The van der Waals surface area contributed by atoms with E-state index in [0.29, 0.717) is 25.3 Å². The Labute approximate surface area is 142 Å². The first-order valence-electron chi connectivity index (χ1n) is 7.70. The van der Waals surface area contributed by atoms with Crippen molar-refractivity contribution in [3.8, 4) is 5.75 Å². The SMILES string of the molecule is Cl.NC1CCCN(C(=O)CCN2C(=O)COc3ccccc32)C1. The van der Waals surface area contributed by atoms with E-state index in [1.165, 1.54) is 0 Å². The van der Waals surface area contributed by atoms with Gasteiger partial charge in [0.25, 0.3) is 5.91 Å². The smallest absolute Gasteiger partial charge is 0.265 e. The molecule has 23 heavy (non-hydrogen) atoms. The van der Waals surface area contributed by atoms with E-state index >= 15 is 0 Å². The number of para-hydroxylation sites is 2. The summed E-state index contributed by atoms with van der Waals surface area (Å²) in [6, 6.07) is 7.48. The molecule has 1 aromatic carbocycles. The molecule has 6 nitrogen and oxygen atoms in total. The van der Waals surface area contributed by atoms with Crippen molar-refractivity contribution < 1.29 is 14.3 Å². The van der Waals surface area contributed by atoms with Gasteiger partial charge in [-0.2, -0.15) is 0 Å². The van der Waals surface area contributed by atoms with Crippen LogP contribution in [0.2, 0.25) is 0 Å². The summed E-state index contributed by atoms with van der Waals surface area (Å²) in [5, 5.41) is 0. The third-order valence-electron chi connectivity index (χ3n) is 4.17. The molecule has 2 N–H and O–H groups in total. The summed E-state index contributed by atoms with van der Waals surface area (Å²) >= 11 is 0. The second-order valence-corrected chi connectivity index (χ2v) is 5.79. The minimum Gasteiger partial charge on any atom is -0.482 e. The fourth-order valence-corrected chi connectivity index (χ4v) is 3.00. The summed E-state index contributed by atoms with van der Waals surface area (Å²) in [7, 11) is 0. The van der Waals surface area contributed by atoms with Crippen LogP contribution in [0.4, 0.5) is 5.69 Å². The lowest BCUT2D eigenvalue weighted by molar-refractivity contribution is -0.132. The van der Waals surface area contributed by atoms with Gasteiger partial charge in [-0.3, -0.25) is 9.59 Å². The number of hydrogen-bond donors (Lipinski definition) is 1. The summed E-state index contributed by atoms with van der Waals surface area (Å²) < 4.78 is 5.40. The summed E-state index contributed by atoms with van der Waals surface area (Å²) in [6.45, 7) is 1.79. The zero-order valence-electron chi connectivity index (χ0n) is 12.9. The van der Waals surface area contributed by atoms with E-state index in [4.69, 9.17) is 10.5 Å². The highest BCUT2D eigenvalue weighted by Gasteiger charge is 2.27. The van der Waals surface area contributed by atoms with Crippen LogP contribution in [0.5, 0.6) is 5.75 Å². The van der Waals surface area contributed by atoms with Gasteiger partial charge in [-0.1, -0.05) is 12.1 Å². The third kappa shape index (κ3) is 3.95. The Morgan fingerprint density at radius 3 is 2.91 bits per heavy atom. The Kier molecular flexibility index (Phi) is 5.85. The number of nitrogens with two attached hydrogens (primary N) is 1. The molecule has 2 aliphatic heterocycles. The number of rotatable bonds is 3. The highest BCUT2D eigenvalue weighted by molar-refractivity contribution is 5.98. The Balaban J connectivity index is 0.00000192. The molecule has 0 aliphatic carbocycles. The first-order chi connectivity index (χ1) is 10.6. The second-order valence-electron chi connectivity index (χ2n) is 5.79. The van der Waals surface area contributed by atoms with Gasteiger partial charge in [-0.25, -0.2) is 0 Å². The van der Waals surface area contributed by atoms with Crippen LogP contribution in [0.25, 0.3) is 0 Å². The molecule has 1 unspecified atom stereocenters. The fraction of sp³-hybridized carbons (Fsp3) is 0.500. The zero-order valence-corrected chi connectivity index (χ0v) is 13.8. The standard InChI is InChI=1S/C16H21N3O3.ClH/c17-12-4-3-8-18(10-12)15(20)7-9-19-13-5-1-2-6-14(13)22-11-16(19)21;/h1-2,5-6,12H,3-4,7-11,17H2;1H. The van der Waals surface area contributed by atoms with Gasteiger partial charge in [-0.05, 0) is 25.0 Å². The van der Waals surface area contributed by atoms with E-state index in [1.807, 2.05) is 29.2 Å². The highest BCUT2D eigenvalue weighted by atomic mass is 35.5. The number of anilines is 1. The summed E-state index contributed by atoms with van der Waals surface area (Å²) in [5.41, 5.74) is 6.65. The number of fused-ring (bicyclic) bond motifs is 1. The lowest BCUT2D eigenvalue weighted by Crippen LogP contribution is -2.47. The minimum atomic E-state index is -0.109. The van der Waals surface area contributed by atoms with E-state index in [2.05, 4.69) is 0 Å². The maximum Gasteiger partial charge on any atom is 0.265 e. The van der Waals surface area contributed by atoms with Crippen LogP contribution in [0, 0.1) is 0 Å². The van der Waals surface area contributed by atoms with Gasteiger partial charge in [0.15, 0.2) is 6.61 Å². The summed E-state index contributed by atoms with van der Waals surface area (Å²) in [6.07, 6.45) is 2.23. The maximum atomic E-state index is 12.3. The van der Waals surface area contributed by atoms with Crippen molar-refractivity contribution in [2.24, 2.45) is 5.73 Å². The number of likely N-dealkylation sites (tertiary alicyclic amines) is 1. The molecule has 0 spiro atoms. The monoisotopic (exact) mass is 339 g/mol. The fourth-order valence-electron chi connectivity index (χ4n) is 3.00. The molecule has 1 aromatic rings. The molecule has 2 amide bonds. The topological polar surface area (TPSA) is 75.9 Å². The van der Waals surface area contributed by atoms with Crippen LogP contribution in [0.1, 0.15) is 19.3 Å². The van der Waals surface area contributed by atoms with Gasteiger partial charge in [0, 0.05) is 32.1 Å². The molecule has 1 saturated heterocycles. The lowest BCUT2D eigenvalue weighted by atomic mass is 10.1. The molecule has 0 radical (unpaired) electrons. The number of nitrogens with zero attached hydrogens (tertiary/aromatic N) is 2. The van der Waals surface area contributed by atoms with Crippen LogP contribution in [0.15, 0.2) is 24.3 Å². The van der Waals surface area contributed by atoms with Crippen LogP contribution in [-0.4, -0.2) is 49.0 Å². The van der Waals surface area contributed by atoms with E-state index in [0.717, 1.165) is 25.1 Å². The zero-order chi connectivity index (χ0) is 15.5. The van der Waals surface area contributed by atoms with Crippen LogP contribution >= 0.6 is 12.4 Å². The molecule has 3 rings (SSSR count). The molecular weight excluding hydrogens is 318 g/mol. The van der Waals surface area contributed by atoms with Crippen molar-refractivity contribution in [1.29, 1.82) is 0 Å². The van der Waals surface area contributed by atoms with Gasteiger partial charge in [-0.15, -0.1) is 12.4 Å². The molecule has 7 heteroatoms. The predicted molar refractivity (Wildman–Crippen MR) is 89.9 cm³/mol. The quantitative estimate of drug-likeness (QED) is 0.897. The molecule has 126 valence electrons. The van der Waals surface area contributed by atoms with Gasteiger partial charge >= 0.3 is 0 Å². The van der Waals surface area contributed by atoms with E-state index in [9.17, 15) is 9.59 Å². The molecular formula is C16H22ClN3O3. The second kappa shape index (κ2) is 7.66. The molecule has 2 aliphatic rings. The average Bonchev–Trinajstić information content (AvgIpc) is 2.53. The van der Waals surface area contributed by atoms with Crippen molar-refractivity contribution in [1.82, 2.24) is 4.90 Å². The number of carbonyl (C=O) groups is 2. The molecule has 1 fully saturated rings. The third-order valence-corrected chi connectivity index (χ3v) is 4.17. The number of ether oxygens (including phenoxy) is 1. The largest absolute Gasteiger partial charge is 0.482 e. The Morgan fingerprint density at radius 1 is 1.35 bits per heavy atom. The number of amides is 2. The van der Waals surface area contributed by atoms with Crippen LogP contribution in [0.3, 0.4) is 0 Å². The number of benzene rings is 1. The average molecular weight is 340 g/mol. The molecule has 1 atom stereocenters. The Hall–Kier alpha value is -1.79. The molecule has 0 aromatic heterocycles. The van der Waals surface area contributed by atoms with Gasteiger partial charge in [0.1, 0.15) is 5.75 Å². The van der Waals surface area contributed by atoms with Crippen molar-refractivity contribution in [3.63, 3.8) is 0 Å². The highest BCUT2D eigenvalue weighted by Crippen LogP contribution is 2.31. The van der Waals surface area contributed by atoms with Gasteiger partial charge < -0.3 is 20.3 Å². The van der Waals surface area contributed by atoms with Gasteiger partial charge in [0.2, 0.25) is 5.91 Å². The maximum absolute atomic E-state index is 12.3. The Bertz CT molecular complexity index is 581. The number of hydrogen-bond acceptors (Lipinski definition) is 4. The van der Waals surface area contributed by atoms with Crippen LogP contribution in [-0.2, 0) is 9.59 Å². The van der Waals surface area contributed by atoms with Crippen molar-refractivity contribution in [2.75, 3.05) is 31.1 Å². The van der Waals surface area contributed by atoms with E-state index in [-0.39, 0.29) is 36.9 Å². The first-order valence-corrected chi connectivity index (χ1v) is 7.70. The first kappa shape index (κ1) is 17.6. The summed E-state index contributed by atoms with van der Waals surface area (Å²) in [4.78, 5) is 27.8. The van der Waals surface area contributed by atoms with Crippen molar-refractivity contribution in [3.05, 3.63) is 24.3 Å². The van der Waals surface area contributed by atoms with E-state index in [1.54, 1.807) is 4.90 Å². The van der Waals surface area contributed by atoms with Crippen LogP contribution < -0.4 is 15.4 Å². The summed E-state index contributed by atoms with van der Waals surface area (Å²) in [5.74, 6) is 0.642. The normalized spacial score (nSPS) is 20.4.